The molecule has 1 aromatic carbocycles. The van der Waals surface area contributed by atoms with E-state index >= 15 is 0 Å². The summed E-state index contributed by atoms with van der Waals surface area (Å²) < 4.78 is 5.37. The lowest BCUT2D eigenvalue weighted by molar-refractivity contribution is 0.101. The van der Waals surface area contributed by atoms with Gasteiger partial charge in [-0.15, -0.1) is 0 Å². The van der Waals surface area contributed by atoms with Gasteiger partial charge in [0.05, 0.1) is 6.61 Å². The Hall–Kier alpha value is -1.30. The summed E-state index contributed by atoms with van der Waals surface area (Å²) in [7, 11) is 1.57. The van der Waals surface area contributed by atoms with E-state index in [-0.39, 0.29) is 18.7 Å². The standard InChI is InChI=1S/C14H21ClN2O3/c1-3-17(8-9-18)14(19)16-10-13(20-2)11-6-4-5-7-12(11)15/h4-7,13,18H,3,8-10H2,1-2H3,(H,16,19). The fraction of sp³-hybridized carbons (Fsp3) is 0.500. The molecular weight excluding hydrogens is 280 g/mol. The minimum atomic E-state index is -0.305. The summed E-state index contributed by atoms with van der Waals surface area (Å²) in [5.41, 5.74) is 0.835. The van der Waals surface area contributed by atoms with Gasteiger partial charge >= 0.3 is 6.03 Å². The van der Waals surface area contributed by atoms with Crippen LogP contribution in [-0.4, -0.2) is 49.4 Å². The molecular formula is C14H21ClN2O3. The molecule has 0 bridgehead atoms. The molecule has 1 unspecified atom stereocenters. The first-order valence-electron chi connectivity index (χ1n) is 6.54. The van der Waals surface area contributed by atoms with Crippen LogP contribution in [0.2, 0.25) is 5.02 Å². The second-order valence-corrected chi connectivity index (χ2v) is 4.64. The fourth-order valence-electron chi connectivity index (χ4n) is 1.87. The Balaban J connectivity index is 2.62. The molecule has 0 heterocycles. The Labute approximate surface area is 124 Å². The van der Waals surface area contributed by atoms with Gasteiger partial charge in [0.1, 0.15) is 6.10 Å². The topological polar surface area (TPSA) is 61.8 Å². The number of urea groups is 1. The number of nitrogens with one attached hydrogen (secondary N) is 1. The van der Waals surface area contributed by atoms with Crippen LogP contribution in [-0.2, 0) is 4.74 Å². The van der Waals surface area contributed by atoms with Crippen LogP contribution in [0.5, 0.6) is 0 Å². The number of ether oxygens (including phenoxy) is 1. The van der Waals surface area contributed by atoms with Crippen molar-refractivity contribution < 1.29 is 14.6 Å². The van der Waals surface area contributed by atoms with Gasteiger partial charge in [-0.25, -0.2) is 4.79 Å². The van der Waals surface area contributed by atoms with Crippen LogP contribution < -0.4 is 5.32 Å². The lowest BCUT2D eigenvalue weighted by Gasteiger charge is -2.23. The van der Waals surface area contributed by atoms with E-state index in [4.69, 9.17) is 21.4 Å². The average molecular weight is 301 g/mol. The van der Waals surface area contributed by atoms with Crippen LogP contribution in [0.15, 0.2) is 24.3 Å². The molecule has 1 rings (SSSR count). The molecule has 112 valence electrons. The van der Waals surface area contributed by atoms with Crippen LogP contribution in [0.1, 0.15) is 18.6 Å². The molecule has 0 aliphatic carbocycles. The van der Waals surface area contributed by atoms with Gasteiger partial charge in [0.2, 0.25) is 0 Å². The second kappa shape index (κ2) is 8.79. The maximum Gasteiger partial charge on any atom is 0.317 e. The molecule has 2 N–H and O–H groups in total. The minimum absolute atomic E-state index is 0.0561. The minimum Gasteiger partial charge on any atom is -0.395 e. The van der Waals surface area contributed by atoms with E-state index in [9.17, 15) is 4.79 Å². The molecule has 2 amide bonds. The SMILES string of the molecule is CCN(CCO)C(=O)NCC(OC)c1ccccc1Cl. The average Bonchev–Trinajstić information content (AvgIpc) is 2.46. The summed E-state index contributed by atoms with van der Waals surface area (Å²) >= 11 is 6.12. The quantitative estimate of drug-likeness (QED) is 0.810. The first kappa shape index (κ1) is 16.8. The number of rotatable bonds is 7. The summed E-state index contributed by atoms with van der Waals surface area (Å²) in [6, 6.07) is 7.15. The smallest absolute Gasteiger partial charge is 0.317 e. The van der Waals surface area contributed by atoms with Crippen LogP contribution in [0.4, 0.5) is 4.79 Å². The van der Waals surface area contributed by atoms with Crippen LogP contribution in [0, 0.1) is 0 Å². The molecule has 20 heavy (non-hydrogen) atoms. The van der Waals surface area contributed by atoms with E-state index in [1.807, 2.05) is 25.1 Å². The number of benzene rings is 1. The number of hydrogen-bond acceptors (Lipinski definition) is 3. The fourth-order valence-corrected chi connectivity index (χ4v) is 2.13. The second-order valence-electron chi connectivity index (χ2n) is 4.24. The van der Waals surface area contributed by atoms with E-state index in [1.54, 1.807) is 13.2 Å². The van der Waals surface area contributed by atoms with Crippen LogP contribution in [0.25, 0.3) is 0 Å². The van der Waals surface area contributed by atoms with Gasteiger partial charge in [0.25, 0.3) is 0 Å². The van der Waals surface area contributed by atoms with Crippen LogP contribution in [0.3, 0.4) is 0 Å². The molecule has 0 saturated heterocycles. The third-order valence-electron chi connectivity index (χ3n) is 3.01. The van der Waals surface area contributed by atoms with Gasteiger partial charge in [-0.05, 0) is 13.0 Å². The van der Waals surface area contributed by atoms with Crippen molar-refractivity contribution >= 4 is 17.6 Å². The summed E-state index contributed by atoms with van der Waals surface area (Å²) in [6.07, 6.45) is -0.305. The van der Waals surface area contributed by atoms with Crippen molar-refractivity contribution in [1.29, 1.82) is 0 Å². The summed E-state index contributed by atoms with van der Waals surface area (Å²) in [5.74, 6) is 0. The van der Waals surface area contributed by atoms with Gasteiger partial charge < -0.3 is 20.1 Å². The van der Waals surface area contributed by atoms with E-state index in [0.717, 1.165) is 5.56 Å². The maximum atomic E-state index is 11.9. The van der Waals surface area contributed by atoms with Crippen molar-refractivity contribution in [2.24, 2.45) is 0 Å². The Kier molecular flexibility index (Phi) is 7.36. The zero-order valence-electron chi connectivity index (χ0n) is 11.8. The van der Waals surface area contributed by atoms with E-state index in [2.05, 4.69) is 5.32 Å². The number of methoxy groups -OCH3 is 1. The van der Waals surface area contributed by atoms with E-state index in [1.165, 1.54) is 4.90 Å². The number of halogens is 1. The summed E-state index contributed by atoms with van der Waals surface area (Å²) in [5, 5.41) is 12.3. The normalized spacial score (nSPS) is 12.0. The highest BCUT2D eigenvalue weighted by molar-refractivity contribution is 6.31. The molecule has 0 aliphatic rings. The summed E-state index contributed by atoms with van der Waals surface area (Å²) in [6.45, 7) is 2.97. The lowest BCUT2D eigenvalue weighted by atomic mass is 10.1. The largest absolute Gasteiger partial charge is 0.395 e. The zero-order chi connectivity index (χ0) is 15.0. The molecule has 0 aromatic heterocycles. The van der Waals surface area contributed by atoms with Crippen LogP contribution >= 0.6 is 11.6 Å². The third kappa shape index (κ3) is 4.67. The number of carbonyl (C=O) groups is 1. The van der Waals surface area contributed by atoms with Crippen molar-refractivity contribution in [2.45, 2.75) is 13.0 Å². The molecule has 0 spiro atoms. The molecule has 0 aliphatic heterocycles. The van der Waals surface area contributed by atoms with Gasteiger partial charge in [-0.1, -0.05) is 29.8 Å². The number of amides is 2. The number of carbonyl (C=O) groups excluding carboxylic acids is 1. The van der Waals surface area contributed by atoms with Crippen molar-refractivity contribution in [2.75, 3.05) is 33.4 Å². The predicted molar refractivity (Wildman–Crippen MR) is 78.9 cm³/mol. The first-order valence-corrected chi connectivity index (χ1v) is 6.92. The molecule has 5 nitrogen and oxygen atoms in total. The van der Waals surface area contributed by atoms with Crippen molar-refractivity contribution in [1.82, 2.24) is 10.2 Å². The Morgan fingerprint density at radius 3 is 2.75 bits per heavy atom. The molecule has 0 fully saturated rings. The van der Waals surface area contributed by atoms with Crippen molar-refractivity contribution in [3.05, 3.63) is 34.9 Å². The Morgan fingerprint density at radius 1 is 1.50 bits per heavy atom. The summed E-state index contributed by atoms with van der Waals surface area (Å²) in [4.78, 5) is 13.4. The predicted octanol–water partition coefficient (Wildman–Crippen LogP) is 2.05. The number of nitrogens with zero attached hydrogens (tertiary/aromatic N) is 1. The number of aliphatic hydroxyl groups is 1. The molecule has 1 atom stereocenters. The van der Waals surface area contributed by atoms with Gasteiger partial charge in [0.15, 0.2) is 0 Å². The van der Waals surface area contributed by atoms with Crippen molar-refractivity contribution in [3.8, 4) is 0 Å². The number of likely N-dealkylation sites (N-methyl/N-ethyl adjacent to an activating group) is 1. The van der Waals surface area contributed by atoms with Gasteiger partial charge in [-0.2, -0.15) is 0 Å². The van der Waals surface area contributed by atoms with Gasteiger partial charge in [0, 0.05) is 37.3 Å². The van der Waals surface area contributed by atoms with E-state index in [0.29, 0.717) is 24.7 Å². The monoisotopic (exact) mass is 300 g/mol. The molecule has 1 aromatic rings. The van der Waals surface area contributed by atoms with Gasteiger partial charge in [-0.3, -0.25) is 0 Å². The molecule has 0 saturated carbocycles. The highest BCUT2D eigenvalue weighted by Gasteiger charge is 2.17. The Morgan fingerprint density at radius 2 is 2.20 bits per heavy atom. The maximum absolute atomic E-state index is 11.9. The zero-order valence-corrected chi connectivity index (χ0v) is 12.6. The molecule has 0 radical (unpaired) electrons. The lowest BCUT2D eigenvalue weighted by Crippen LogP contribution is -2.42. The number of aliphatic hydroxyl groups excluding tert-OH is 1. The Bertz CT molecular complexity index is 429. The van der Waals surface area contributed by atoms with E-state index < -0.39 is 0 Å². The number of hydrogen-bond donors (Lipinski definition) is 2. The highest BCUT2D eigenvalue weighted by atomic mass is 35.5. The van der Waals surface area contributed by atoms with Crippen molar-refractivity contribution in [3.63, 3.8) is 0 Å². The molecule has 6 heteroatoms. The third-order valence-corrected chi connectivity index (χ3v) is 3.36. The first-order chi connectivity index (χ1) is 9.63. The highest BCUT2D eigenvalue weighted by Crippen LogP contribution is 2.24.